The molecule has 0 saturated carbocycles. The van der Waals surface area contributed by atoms with Crippen LogP contribution in [-0.4, -0.2) is 5.11 Å². The van der Waals surface area contributed by atoms with Gasteiger partial charge in [0.05, 0.1) is 0 Å². The largest absolute Gasteiger partial charge is 0.505 e. The second kappa shape index (κ2) is 8.23. The van der Waals surface area contributed by atoms with E-state index in [0.717, 1.165) is 36.5 Å². The van der Waals surface area contributed by atoms with E-state index >= 15 is 0 Å². The highest BCUT2D eigenvalue weighted by atomic mass is 19.2. The van der Waals surface area contributed by atoms with Gasteiger partial charge in [-0.3, -0.25) is 0 Å². The molecule has 0 radical (unpaired) electrons. The molecule has 0 aromatic heterocycles. The van der Waals surface area contributed by atoms with Crippen molar-refractivity contribution < 1.29 is 18.3 Å². The fourth-order valence-corrected chi connectivity index (χ4v) is 3.87. The maximum Gasteiger partial charge on any atom is 0.200 e. The van der Waals surface area contributed by atoms with E-state index in [1.165, 1.54) is 12.1 Å². The van der Waals surface area contributed by atoms with Crippen LogP contribution in [0.15, 0.2) is 73.3 Å². The second-order valence-corrected chi connectivity index (χ2v) is 7.53. The average Bonchev–Trinajstić information content (AvgIpc) is 2.78. The van der Waals surface area contributed by atoms with Gasteiger partial charge in [0.25, 0.3) is 0 Å². The first-order valence-electron chi connectivity index (χ1n) is 9.87. The van der Waals surface area contributed by atoms with Gasteiger partial charge in [-0.05, 0) is 65.6 Å². The molecule has 0 bridgehead atoms. The van der Waals surface area contributed by atoms with Gasteiger partial charge in [0.2, 0.25) is 5.82 Å². The SMILES string of the molecule is C=CC1CC=C(c2ccc(-c3ccc(-c4ccc(O)c(F)c4F)cc3)cc2F)CC1. The van der Waals surface area contributed by atoms with Gasteiger partial charge in [0, 0.05) is 11.1 Å². The molecule has 1 aliphatic rings. The van der Waals surface area contributed by atoms with Gasteiger partial charge in [-0.25, -0.2) is 8.78 Å². The van der Waals surface area contributed by atoms with Crippen LogP contribution in [0.5, 0.6) is 5.75 Å². The number of allylic oxidation sites excluding steroid dienone is 3. The molecule has 3 aromatic carbocycles. The summed E-state index contributed by atoms with van der Waals surface area (Å²) in [5.74, 6) is -2.91. The predicted octanol–water partition coefficient (Wildman–Crippen LogP) is 7.51. The van der Waals surface area contributed by atoms with Crippen molar-refractivity contribution in [1.82, 2.24) is 0 Å². The molecular formula is C26H21F3O. The van der Waals surface area contributed by atoms with Gasteiger partial charge >= 0.3 is 0 Å². The molecule has 3 aromatic rings. The number of benzene rings is 3. The standard InChI is InChI=1S/C26H21F3O/c1-2-16-3-5-18(6-4-16)21-12-11-20(15-23(21)27)17-7-9-19(10-8-17)22-13-14-24(30)26(29)25(22)28/h2,5,7-16,30H,1,3-4,6H2. The number of hydrogen-bond acceptors (Lipinski definition) is 1. The Balaban J connectivity index is 1.60. The van der Waals surface area contributed by atoms with Crippen LogP contribution in [-0.2, 0) is 0 Å². The molecule has 152 valence electrons. The lowest BCUT2D eigenvalue weighted by Crippen LogP contribution is -2.03. The quantitative estimate of drug-likeness (QED) is 0.445. The summed E-state index contributed by atoms with van der Waals surface area (Å²) in [6.45, 7) is 3.83. The van der Waals surface area contributed by atoms with Gasteiger partial charge in [0.15, 0.2) is 11.6 Å². The van der Waals surface area contributed by atoms with Gasteiger partial charge < -0.3 is 5.11 Å². The molecule has 0 aliphatic heterocycles. The maximum atomic E-state index is 14.8. The number of halogens is 3. The number of phenols is 1. The van der Waals surface area contributed by atoms with Gasteiger partial charge in [-0.15, -0.1) is 6.58 Å². The molecule has 4 rings (SSSR count). The summed E-state index contributed by atoms with van der Waals surface area (Å²) < 4.78 is 42.5. The van der Waals surface area contributed by atoms with Gasteiger partial charge in [-0.2, -0.15) is 4.39 Å². The Labute approximate surface area is 173 Å². The topological polar surface area (TPSA) is 20.2 Å². The monoisotopic (exact) mass is 406 g/mol. The summed E-state index contributed by atoms with van der Waals surface area (Å²) in [4.78, 5) is 0. The van der Waals surface area contributed by atoms with Crippen LogP contribution >= 0.6 is 0 Å². The number of rotatable bonds is 4. The first-order valence-corrected chi connectivity index (χ1v) is 9.87. The number of phenolic OH excluding ortho intramolecular Hbond substituents is 1. The zero-order chi connectivity index (χ0) is 21.3. The summed E-state index contributed by atoms with van der Waals surface area (Å²) in [6, 6.07) is 14.4. The molecule has 0 heterocycles. The Morgan fingerprint density at radius 3 is 2.13 bits per heavy atom. The maximum absolute atomic E-state index is 14.8. The van der Waals surface area contributed by atoms with E-state index in [4.69, 9.17) is 0 Å². The lowest BCUT2D eigenvalue weighted by atomic mass is 9.86. The lowest BCUT2D eigenvalue weighted by Gasteiger charge is -2.19. The highest BCUT2D eigenvalue weighted by Crippen LogP contribution is 2.34. The van der Waals surface area contributed by atoms with Crippen molar-refractivity contribution in [1.29, 1.82) is 0 Å². The third-order valence-corrected chi connectivity index (χ3v) is 5.69. The summed E-state index contributed by atoms with van der Waals surface area (Å²) in [6.07, 6.45) is 6.74. The Morgan fingerprint density at radius 1 is 0.833 bits per heavy atom. The molecule has 0 spiro atoms. The minimum atomic E-state index is -1.27. The van der Waals surface area contributed by atoms with Crippen LogP contribution in [0.4, 0.5) is 13.2 Å². The Morgan fingerprint density at radius 2 is 1.50 bits per heavy atom. The highest BCUT2D eigenvalue weighted by Gasteiger charge is 2.17. The van der Waals surface area contributed by atoms with Crippen molar-refractivity contribution in [3.8, 4) is 28.0 Å². The molecule has 1 N–H and O–H groups in total. The molecule has 4 heteroatoms. The second-order valence-electron chi connectivity index (χ2n) is 7.53. The zero-order valence-electron chi connectivity index (χ0n) is 16.3. The average molecular weight is 406 g/mol. The van der Waals surface area contributed by atoms with E-state index in [1.807, 2.05) is 12.1 Å². The Bertz CT molecular complexity index is 1130. The van der Waals surface area contributed by atoms with E-state index in [9.17, 15) is 18.3 Å². The third kappa shape index (κ3) is 3.78. The van der Waals surface area contributed by atoms with Crippen molar-refractivity contribution in [3.63, 3.8) is 0 Å². The number of hydrogen-bond donors (Lipinski definition) is 1. The van der Waals surface area contributed by atoms with Crippen molar-refractivity contribution in [2.45, 2.75) is 19.3 Å². The minimum absolute atomic E-state index is 0.0560. The van der Waals surface area contributed by atoms with E-state index < -0.39 is 17.4 Å². The van der Waals surface area contributed by atoms with E-state index in [0.29, 0.717) is 22.6 Å². The van der Waals surface area contributed by atoms with Crippen molar-refractivity contribution in [2.24, 2.45) is 5.92 Å². The van der Waals surface area contributed by atoms with Crippen molar-refractivity contribution in [3.05, 3.63) is 96.3 Å². The van der Waals surface area contributed by atoms with Crippen molar-refractivity contribution in [2.75, 3.05) is 0 Å². The van der Waals surface area contributed by atoms with Crippen molar-refractivity contribution >= 4 is 5.57 Å². The molecule has 0 fully saturated rings. The van der Waals surface area contributed by atoms with Crippen LogP contribution in [0.25, 0.3) is 27.8 Å². The van der Waals surface area contributed by atoms with Crippen LogP contribution in [0.2, 0.25) is 0 Å². The van der Waals surface area contributed by atoms with Crippen LogP contribution in [0.1, 0.15) is 24.8 Å². The third-order valence-electron chi connectivity index (χ3n) is 5.69. The van der Waals surface area contributed by atoms with E-state index in [-0.39, 0.29) is 11.4 Å². The highest BCUT2D eigenvalue weighted by molar-refractivity contribution is 5.74. The van der Waals surface area contributed by atoms with E-state index in [2.05, 4.69) is 12.7 Å². The molecule has 1 unspecified atom stereocenters. The Hall–Kier alpha value is -3.27. The van der Waals surface area contributed by atoms with Gasteiger partial charge in [-0.1, -0.05) is 48.6 Å². The lowest BCUT2D eigenvalue weighted by molar-refractivity contribution is 0.408. The molecule has 1 atom stereocenters. The van der Waals surface area contributed by atoms with Gasteiger partial charge in [0.1, 0.15) is 5.82 Å². The molecule has 0 amide bonds. The smallest absolute Gasteiger partial charge is 0.200 e. The molecule has 1 aliphatic carbocycles. The van der Waals surface area contributed by atoms with E-state index in [1.54, 1.807) is 30.3 Å². The fourth-order valence-electron chi connectivity index (χ4n) is 3.87. The molecular weight excluding hydrogens is 385 g/mol. The first-order chi connectivity index (χ1) is 14.5. The molecule has 1 nitrogen and oxygen atoms in total. The van der Waals surface area contributed by atoms with Crippen LogP contribution < -0.4 is 0 Å². The Kier molecular flexibility index (Phi) is 5.49. The summed E-state index contributed by atoms with van der Waals surface area (Å²) in [5, 5.41) is 9.27. The predicted molar refractivity (Wildman–Crippen MR) is 114 cm³/mol. The molecule has 30 heavy (non-hydrogen) atoms. The first kappa shape index (κ1) is 20.0. The zero-order valence-corrected chi connectivity index (χ0v) is 16.3. The van der Waals surface area contributed by atoms with Crippen LogP contribution in [0.3, 0.4) is 0 Å². The normalized spacial score (nSPS) is 16.2. The summed E-state index contributed by atoms with van der Waals surface area (Å²) >= 11 is 0. The molecule has 0 saturated heterocycles. The summed E-state index contributed by atoms with van der Waals surface area (Å²) in [7, 11) is 0. The fraction of sp³-hybridized carbons (Fsp3) is 0.154. The minimum Gasteiger partial charge on any atom is -0.505 e. The number of aromatic hydroxyl groups is 1. The van der Waals surface area contributed by atoms with Crippen LogP contribution in [0, 0.1) is 23.4 Å². The summed E-state index contributed by atoms with van der Waals surface area (Å²) in [5.41, 5.74) is 3.66.